The number of methoxy groups -OCH3 is 1. The Bertz CT molecular complexity index is 1150. The number of imide groups is 1. The number of hydrogen-bond donors (Lipinski definition) is 0. The van der Waals surface area contributed by atoms with E-state index < -0.39 is 11.1 Å². The van der Waals surface area contributed by atoms with Crippen LogP contribution >= 0.6 is 34.4 Å². The number of carbonyl (C=O) groups excluding carboxylic acids is 3. The van der Waals surface area contributed by atoms with Gasteiger partial charge < -0.3 is 14.4 Å². The molecule has 4 rings (SSSR count). The van der Waals surface area contributed by atoms with Gasteiger partial charge in [0.1, 0.15) is 19.0 Å². The molecule has 2 fully saturated rings. The number of likely N-dealkylation sites (tertiary alicyclic amines) is 1. The average Bonchev–Trinajstić information content (AvgIpc) is 3.44. The summed E-state index contributed by atoms with van der Waals surface area (Å²) >= 11 is 2.92. The first-order chi connectivity index (χ1) is 16.4. The topological polar surface area (TPSA) is 76.2 Å². The van der Waals surface area contributed by atoms with Gasteiger partial charge in [-0.25, -0.2) is 4.39 Å². The van der Waals surface area contributed by atoms with Gasteiger partial charge in [-0.3, -0.25) is 19.3 Å². The Morgan fingerprint density at radius 3 is 2.56 bits per heavy atom. The molecular weight excluding hydrogens is 574 g/mol. The highest BCUT2D eigenvalue weighted by Gasteiger charge is 2.37. The van der Waals surface area contributed by atoms with Crippen molar-refractivity contribution < 1.29 is 28.2 Å². The molecule has 0 saturated carbocycles. The number of amides is 3. The fraction of sp³-hybridized carbons (Fsp3) is 0.292. The SMILES string of the molecule is COc1cc(/C=C2/SC(=O)N(CC(=O)N3CCCC3)C2=O)cc(I)c1OCc1ccc(F)cc1. The van der Waals surface area contributed by atoms with Crippen LogP contribution in [0.2, 0.25) is 0 Å². The third-order valence-corrected chi connectivity index (χ3v) is 7.18. The van der Waals surface area contributed by atoms with Crippen molar-refractivity contribution in [2.75, 3.05) is 26.7 Å². The van der Waals surface area contributed by atoms with Crippen molar-refractivity contribution in [3.63, 3.8) is 0 Å². The molecule has 2 aliphatic rings. The van der Waals surface area contributed by atoms with Crippen molar-refractivity contribution in [1.29, 1.82) is 0 Å². The summed E-state index contributed by atoms with van der Waals surface area (Å²) in [4.78, 5) is 40.6. The maximum atomic E-state index is 13.1. The first kappa shape index (κ1) is 24.5. The second-order valence-corrected chi connectivity index (χ2v) is 9.96. The monoisotopic (exact) mass is 596 g/mol. The van der Waals surface area contributed by atoms with Crippen LogP contribution in [0.1, 0.15) is 24.0 Å². The zero-order chi connectivity index (χ0) is 24.2. The molecule has 0 atom stereocenters. The highest BCUT2D eigenvalue weighted by Crippen LogP contribution is 2.37. The summed E-state index contributed by atoms with van der Waals surface area (Å²) in [5.41, 5.74) is 1.47. The van der Waals surface area contributed by atoms with Crippen LogP contribution in [0.5, 0.6) is 11.5 Å². The summed E-state index contributed by atoms with van der Waals surface area (Å²) in [5, 5.41) is -0.454. The average molecular weight is 596 g/mol. The number of halogens is 2. The Morgan fingerprint density at radius 2 is 1.88 bits per heavy atom. The molecule has 2 aromatic rings. The van der Waals surface area contributed by atoms with Crippen LogP contribution in [0.3, 0.4) is 0 Å². The first-order valence-electron chi connectivity index (χ1n) is 10.6. The molecule has 0 radical (unpaired) electrons. The molecule has 3 amide bonds. The summed E-state index contributed by atoms with van der Waals surface area (Å²) in [6, 6.07) is 9.56. The number of thioether (sulfide) groups is 1. The maximum Gasteiger partial charge on any atom is 0.294 e. The molecule has 0 spiro atoms. The predicted octanol–water partition coefficient (Wildman–Crippen LogP) is 4.68. The second-order valence-electron chi connectivity index (χ2n) is 7.81. The van der Waals surface area contributed by atoms with Gasteiger partial charge in [-0.15, -0.1) is 0 Å². The zero-order valence-electron chi connectivity index (χ0n) is 18.4. The van der Waals surface area contributed by atoms with Gasteiger partial charge in [0.05, 0.1) is 15.6 Å². The summed E-state index contributed by atoms with van der Waals surface area (Å²) in [6.07, 6.45) is 3.49. The summed E-state index contributed by atoms with van der Waals surface area (Å²) in [7, 11) is 1.51. The van der Waals surface area contributed by atoms with E-state index in [9.17, 15) is 18.8 Å². The van der Waals surface area contributed by atoms with E-state index in [0.717, 1.165) is 38.6 Å². The molecule has 0 N–H and O–H groups in total. The quantitative estimate of drug-likeness (QED) is 0.342. The van der Waals surface area contributed by atoms with Gasteiger partial charge in [-0.2, -0.15) is 0 Å². The lowest BCUT2D eigenvalue weighted by atomic mass is 10.1. The number of hydrogen-bond acceptors (Lipinski definition) is 6. The number of nitrogens with zero attached hydrogens (tertiary/aromatic N) is 2. The molecule has 10 heteroatoms. The smallest absolute Gasteiger partial charge is 0.294 e. The van der Waals surface area contributed by atoms with Crippen LogP contribution in [0.25, 0.3) is 6.08 Å². The lowest BCUT2D eigenvalue weighted by molar-refractivity contribution is -0.135. The van der Waals surface area contributed by atoms with Crippen LogP contribution in [0.15, 0.2) is 41.3 Å². The van der Waals surface area contributed by atoms with Crippen LogP contribution in [0.4, 0.5) is 9.18 Å². The Kier molecular flexibility index (Phi) is 7.77. The molecule has 34 heavy (non-hydrogen) atoms. The van der Waals surface area contributed by atoms with Crippen molar-refractivity contribution in [3.05, 3.63) is 61.8 Å². The van der Waals surface area contributed by atoms with Crippen LogP contribution in [-0.4, -0.2) is 53.6 Å². The van der Waals surface area contributed by atoms with E-state index in [2.05, 4.69) is 22.6 Å². The highest BCUT2D eigenvalue weighted by atomic mass is 127. The van der Waals surface area contributed by atoms with Crippen molar-refractivity contribution in [3.8, 4) is 11.5 Å². The van der Waals surface area contributed by atoms with Crippen molar-refractivity contribution in [2.45, 2.75) is 19.4 Å². The molecule has 0 aromatic heterocycles. The molecule has 0 bridgehead atoms. The molecule has 178 valence electrons. The summed E-state index contributed by atoms with van der Waals surface area (Å²) < 4.78 is 25.2. The van der Waals surface area contributed by atoms with Gasteiger partial charge in [0.15, 0.2) is 11.5 Å². The molecule has 2 aromatic carbocycles. The van der Waals surface area contributed by atoms with Gasteiger partial charge >= 0.3 is 0 Å². The summed E-state index contributed by atoms with van der Waals surface area (Å²) in [6.45, 7) is 1.33. The predicted molar refractivity (Wildman–Crippen MR) is 135 cm³/mol. The maximum absolute atomic E-state index is 13.1. The van der Waals surface area contributed by atoms with Gasteiger partial charge in [0, 0.05) is 13.1 Å². The number of ether oxygens (including phenoxy) is 2. The van der Waals surface area contributed by atoms with E-state index in [1.165, 1.54) is 19.2 Å². The van der Waals surface area contributed by atoms with Crippen molar-refractivity contribution in [2.24, 2.45) is 0 Å². The van der Waals surface area contributed by atoms with Gasteiger partial charge in [-0.1, -0.05) is 12.1 Å². The number of carbonyl (C=O) groups is 3. The Morgan fingerprint density at radius 1 is 1.18 bits per heavy atom. The standard InChI is InChI=1S/C24H22FIN2O5S/c1-32-19-11-16(10-18(26)22(19)33-14-15-4-6-17(25)7-5-15)12-20-23(30)28(24(31)34-20)13-21(29)27-8-2-3-9-27/h4-7,10-12H,2-3,8-9,13-14H2,1H3/b20-12+. The van der Waals surface area contributed by atoms with Crippen LogP contribution in [-0.2, 0) is 16.2 Å². The minimum atomic E-state index is -0.479. The molecule has 0 aliphatic carbocycles. The van der Waals surface area contributed by atoms with Gasteiger partial charge in [0.25, 0.3) is 11.1 Å². The Labute approximate surface area is 214 Å². The molecular formula is C24H22FIN2O5S. The van der Waals surface area contributed by atoms with E-state index in [0.29, 0.717) is 30.2 Å². The van der Waals surface area contributed by atoms with Gasteiger partial charge in [0.2, 0.25) is 5.91 Å². The van der Waals surface area contributed by atoms with E-state index in [1.807, 2.05) is 6.07 Å². The Balaban J connectivity index is 1.49. The molecule has 2 heterocycles. The Hall–Kier alpha value is -2.60. The fourth-order valence-corrected chi connectivity index (χ4v) is 5.31. The minimum Gasteiger partial charge on any atom is -0.493 e. The molecule has 2 aliphatic heterocycles. The highest BCUT2D eigenvalue weighted by molar-refractivity contribution is 14.1. The number of rotatable bonds is 7. The van der Waals surface area contributed by atoms with Gasteiger partial charge in [-0.05, 0) is 88.7 Å². The second kappa shape index (κ2) is 10.8. The molecule has 7 nitrogen and oxygen atoms in total. The lowest BCUT2D eigenvalue weighted by Gasteiger charge is -2.18. The normalized spacial score (nSPS) is 17.1. The van der Waals surface area contributed by atoms with Crippen LogP contribution in [0, 0.1) is 9.39 Å². The van der Waals surface area contributed by atoms with E-state index >= 15 is 0 Å². The van der Waals surface area contributed by atoms with E-state index in [4.69, 9.17) is 9.47 Å². The zero-order valence-corrected chi connectivity index (χ0v) is 21.4. The molecule has 0 unspecified atom stereocenters. The number of benzene rings is 2. The van der Waals surface area contributed by atoms with E-state index in [-0.39, 0.29) is 29.8 Å². The lowest BCUT2D eigenvalue weighted by Crippen LogP contribution is -2.40. The molecule has 2 saturated heterocycles. The fourth-order valence-electron chi connectivity index (χ4n) is 3.69. The van der Waals surface area contributed by atoms with Crippen molar-refractivity contribution in [1.82, 2.24) is 9.80 Å². The summed E-state index contributed by atoms with van der Waals surface area (Å²) in [5.74, 6) is -0.0178. The van der Waals surface area contributed by atoms with E-state index in [1.54, 1.807) is 29.2 Å². The van der Waals surface area contributed by atoms with Crippen molar-refractivity contribution >= 4 is 57.5 Å². The third kappa shape index (κ3) is 5.54. The first-order valence-corrected chi connectivity index (χ1v) is 12.5. The largest absolute Gasteiger partial charge is 0.493 e. The van der Waals surface area contributed by atoms with Crippen LogP contribution < -0.4 is 9.47 Å². The third-order valence-electron chi connectivity index (χ3n) is 5.47. The minimum absolute atomic E-state index is 0.208.